The van der Waals surface area contributed by atoms with Crippen molar-refractivity contribution in [2.24, 2.45) is 0 Å². The zero-order valence-corrected chi connectivity index (χ0v) is 36.6. The Hall–Kier alpha value is -7.32. The van der Waals surface area contributed by atoms with Gasteiger partial charge < -0.3 is 31.9 Å². The van der Waals surface area contributed by atoms with E-state index in [4.69, 9.17) is 9.97 Å². The van der Waals surface area contributed by atoms with Gasteiger partial charge in [0.25, 0.3) is 0 Å². The van der Waals surface area contributed by atoms with Crippen LogP contribution in [0.5, 0.6) is 0 Å². The van der Waals surface area contributed by atoms with Gasteiger partial charge in [0.05, 0.1) is 23.3 Å². The maximum Gasteiger partial charge on any atom is 0.233 e. The maximum absolute atomic E-state index is 9.19. The number of unbranched alkanes of at least 4 members (excludes halogenated alkanes) is 7. The van der Waals surface area contributed by atoms with Crippen molar-refractivity contribution in [1.29, 1.82) is 10.5 Å². The quantitative estimate of drug-likeness (QED) is 0.0375. The van der Waals surface area contributed by atoms with Crippen LogP contribution >= 0.6 is 0 Å². The van der Waals surface area contributed by atoms with E-state index in [1.54, 1.807) is 24.3 Å². The summed E-state index contributed by atoms with van der Waals surface area (Å²) in [6.45, 7) is 14.0. The Kier molecular flexibility index (Phi) is 15.5. The van der Waals surface area contributed by atoms with E-state index in [1.807, 2.05) is 24.3 Å². The summed E-state index contributed by atoms with van der Waals surface area (Å²) >= 11 is 0. The molecule has 0 spiro atoms. The zero-order chi connectivity index (χ0) is 43.8. The van der Waals surface area contributed by atoms with Crippen molar-refractivity contribution < 1.29 is 0 Å². The van der Waals surface area contributed by atoms with Gasteiger partial charge in [-0.3, -0.25) is 0 Å². The lowest BCUT2D eigenvalue weighted by Gasteiger charge is -2.15. The van der Waals surface area contributed by atoms with Gasteiger partial charge in [-0.05, 0) is 125 Å². The monoisotopic (exact) mass is 828 g/mol. The summed E-state index contributed by atoms with van der Waals surface area (Å²) in [5.41, 5.74) is 11.6. The molecule has 14 heteroatoms. The van der Waals surface area contributed by atoms with E-state index in [1.165, 1.54) is 24.0 Å². The molecule has 0 saturated heterocycles. The normalized spacial score (nSPS) is 10.7. The molecule has 0 amide bonds. The first-order valence-corrected chi connectivity index (χ1v) is 21.3. The second kappa shape index (κ2) is 21.8. The fourth-order valence-electron chi connectivity index (χ4n) is 7.34. The molecule has 318 valence electrons. The average Bonchev–Trinajstić information content (AvgIpc) is 3.24. The Labute approximate surface area is 365 Å². The molecule has 0 aliphatic carbocycles. The van der Waals surface area contributed by atoms with Crippen LogP contribution in [0.15, 0.2) is 72.8 Å². The third-order valence-electron chi connectivity index (χ3n) is 10.3. The molecule has 2 heterocycles. The van der Waals surface area contributed by atoms with E-state index >= 15 is 0 Å². The maximum atomic E-state index is 9.19. The Morgan fingerprint density at radius 3 is 1.00 bits per heavy atom. The Bertz CT molecular complexity index is 2300. The predicted octanol–water partition coefficient (Wildman–Crippen LogP) is 11.3. The number of benzene rings is 4. The molecule has 14 nitrogen and oxygen atoms in total. The second-order valence-electron chi connectivity index (χ2n) is 15.7. The van der Waals surface area contributed by atoms with Crippen LogP contribution in [0.2, 0.25) is 0 Å². The molecular formula is C48H56N14. The van der Waals surface area contributed by atoms with E-state index in [9.17, 15) is 10.5 Å². The Morgan fingerprint density at radius 1 is 0.387 bits per heavy atom. The topological polar surface area (TPSA) is 197 Å². The van der Waals surface area contributed by atoms with Gasteiger partial charge in [-0.2, -0.15) is 40.4 Å². The second-order valence-corrected chi connectivity index (χ2v) is 15.7. The van der Waals surface area contributed by atoms with Crippen molar-refractivity contribution in [3.8, 4) is 12.1 Å². The molecule has 0 atom stereocenters. The standard InChI is InChI=1S/C48H56N14/c1-31-25-33(3)41(34(4)26-31)55-47-59-43(57-45(61-47)53-39-19-15-37(29-49)16-20-39)51-23-13-11-9-7-8-10-12-14-24-52-44-58-46(54-40-21-17-38(30-50)18-22-40)62-48(60-44)56-42-35(5)27-32(2)28-36(42)6/h15-22,25-28H,7-14,23-24H2,1-6H3,(H3,51,53,55,57,59,61)(H3,52,54,56,58,60,62). The van der Waals surface area contributed by atoms with Gasteiger partial charge in [-0.1, -0.05) is 73.9 Å². The summed E-state index contributed by atoms with van der Waals surface area (Å²) in [6.07, 6.45) is 8.92. The van der Waals surface area contributed by atoms with Crippen LogP contribution in [0, 0.1) is 64.2 Å². The highest BCUT2D eigenvalue weighted by Crippen LogP contribution is 2.28. The molecule has 0 radical (unpaired) electrons. The van der Waals surface area contributed by atoms with E-state index in [0.29, 0.717) is 46.8 Å². The number of nitrogens with one attached hydrogen (secondary N) is 6. The number of aromatic nitrogens is 6. The molecule has 2 aromatic heterocycles. The molecule has 0 unspecified atom stereocenters. The first-order chi connectivity index (χ1) is 30.0. The van der Waals surface area contributed by atoms with Gasteiger partial charge >= 0.3 is 0 Å². The zero-order valence-electron chi connectivity index (χ0n) is 36.6. The van der Waals surface area contributed by atoms with Crippen molar-refractivity contribution in [3.05, 3.63) is 117 Å². The minimum Gasteiger partial charge on any atom is -0.354 e. The van der Waals surface area contributed by atoms with Crippen LogP contribution in [0.4, 0.5) is 58.4 Å². The summed E-state index contributed by atoms with van der Waals surface area (Å²) in [5.74, 6) is 2.70. The highest BCUT2D eigenvalue weighted by atomic mass is 15.3. The van der Waals surface area contributed by atoms with Crippen LogP contribution in [0.25, 0.3) is 0 Å². The Morgan fingerprint density at radius 2 is 0.677 bits per heavy atom. The van der Waals surface area contributed by atoms with Gasteiger partial charge in [-0.15, -0.1) is 0 Å². The van der Waals surface area contributed by atoms with Gasteiger partial charge in [0.1, 0.15) is 0 Å². The molecule has 0 aliphatic rings. The van der Waals surface area contributed by atoms with E-state index in [-0.39, 0.29) is 0 Å². The van der Waals surface area contributed by atoms with Crippen molar-refractivity contribution in [2.75, 3.05) is 45.0 Å². The van der Waals surface area contributed by atoms with Crippen molar-refractivity contribution in [3.63, 3.8) is 0 Å². The highest BCUT2D eigenvalue weighted by molar-refractivity contribution is 5.67. The van der Waals surface area contributed by atoms with Crippen LogP contribution in [-0.2, 0) is 0 Å². The highest BCUT2D eigenvalue weighted by Gasteiger charge is 2.13. The molecule has 4 aromatic carbocycles. The fourth-order valence-corrected chi connectivity index (χ4v) is 7.34. The summed E-state index contributed by atoms with van der Waals surface area (Å²) in [5, 5.41) is 38.6. The van der Waals surface area contributed by atoms with Gasteiger partial charge in [0, 0.05) is 35.8 Å². The molecule has 6 rings (SSSR count). The van der Waals surface area contributed by atoms with Gasteiger partial charge in [0.2, 0.25) is 35.7 Å². The SMILES string of the molecule is Cc1cc(C)c(Nc2nc(NCCCCCCCCCCNc3nc(Nc4ccc(C#N)cc4)nc(Nc4c(C)cc(C)cc4C)n3)nc(Nc3ccc(C#N)cc3)n2)c(C)c1. The first-order valence-electron chi connectivity index (χ1n) is 21.3. The molecule has 0 saturated carbocycles. The Balaban J connectivity index is 0.941. The van der Waals surface area contributed by atoms with Crippen LogP contribution in [0.1, 0.15) is 95.9 Å². The molecule has 0 aliphatic heterocycles. The largest absolute Gasteiger partial charge is 0.354 e. The van der Waals surface area contributed by atoms with E-state index in [2.05, 4.69) is 130 Å². The molecule has 62 heavy (non-hydrogen) atoms. The summed E-state index contributed by atoms with van der Waals surface area (Å²) in [7, 11) is 0. The van der Waals surface area contributed by atoms with Crippen molar-refractivity contribution in [1.82, 2.24) is 29.9 Å². The van der Waals surface area contributed by atoms with Crippen LogP contribution in [0.3, 0.4) is 0 Å². The number of rotatable bonds is 21. The lowest BCUT2D eigenvalue weighted by molar-refractivity contribution is 0.576. The molecule has 6 N–H and O–H groups in total. The van der Waals surface area contributed by atoms with Crippen LogP contribution in [-0.4, -0.2) is 43.0 Å². The summed E-state index contributed by atoms with van der Waals surface area (Å²) in [6, 6.07) is 27.2. The van der Waals surface area contributed by atoms with Gasteiger partial charge in [-0.25, -0.2) is 0 Å². The minimum atomic E-state index is 0.409. The van der Waals surface area contributed by atoms with Gasteiger partial charge in [0.15, 0.2) is 0 Å². The number of aryl methyl sites for hydroxylation is 6. The number of hydrogen-bond donors (Lipinski definition) is 6. The van der Waals surface area contributed by atoms with Crippen LogP contribution < -0.4 is 31.9 Å². The van der Waals surface area contributed by atoms with E-state index < -0.39 is 0 Å². The number of nitriles is 2. The molecular weight excluding hydrogens is 773 g/mol. The predicted molar refractivity (Wildman–Crippen MR) is 250 cm³/mol. The number of anilines is 10. The number of hydrogen-bond acceptors (Lipinski definition) is 14. The minimum absolute atomic E-state index is 0.409. The molecule has 0 fully saturated rings. The lowest BCUT2D eigenvalue weighted by Crippen LogP contribution is -2.11. The number of nitrogens with zero attached hydrogens (tertiary/aromatic N) is 8. The summed E-state index contributed by atoms with van der Waals surface area (Å²) in [4.78, 5) is 28.0. The van der Waals surface area contributed by atoms with Crippen molar-refractivity contribution in [2.45, 2.75) is 92.9 Å². The summed E-state index contributed by atoms with van der Waals surface area (Å²) < 4.78 is 0. The third-order valence-corrected chi connectivity index (χ3v) is 10.3. The van der Waals surface area contributed by atoms with Crippen molar-refractivity contribution >= 4 is 58.4 Å². The lowest BCUT2D eigenvalue weighted by atomic mass is 10.1. The molecule has 0 bridgehead atoms. The first kappa shape index (κ1) is 44.2. The fraction of sp³-hybridized carbons (Fsp3) is 0.333. The average molecular weight is 829 g/mol. The smallest absolute Gasteiger partial charge is 0.233 e. The van der Waals surface area contributed by atoms with E-state index in [0.717, 1.165) is 96.6 Å². The third kappa shape index (κ3) is 13.1. The molecule has 6 aromatic rings.